The molecule has 12 heavy (non-hydrogen) atoms. The van der Waals surface area contributed by atoms with Crippen molar-refractivity contribution in [1.29, 1.82) is 0 Å². The van der Waals surface area contributed by atoms with Crippen molar-refractivity contribution in [3.05, 3.63) is 0 Å². The van der Waals surface area contributed by atoms with Gasteiger partial charge in [0.25, 0.3) is 5.91 Å². The Morgan fingerprint density at radius 2 is 2.17 bits per heavy atom. The van der Waals surface area contributed by atoms with Gasteiger partial charge in [0.1, 0.15) is 0 Å². The van der Waals surface area contributed by atoms with Gasteiger partial charge in [-0.05, 0) is 12.3 Å². The standard InChI is InChI=1S/C8H16BrNO2/c1-4-7(9)8(11)10-12-5-6(2)3/h6-7H,4-5H2,1-3H3,(H,10,11). The first-order valence-corrected chi connectivity index (χ1v) is 5.05. The Balaban J connectivity index is 3.44. The summed E-state index contributed by atoms with van der Waals surface area (Å²) in [6.07, 6.45) is 0.761. The highest BCUT2D eigenvalue weighted by Crippen LogP contribution is 2.03. The molecule has 0 fully saturated rings. The third-order valence-electron chi connectivity index (χ3n) is 1.23. The molecule has 1 N–H and O–H groups in total. The fraction of sp³-hybridized carbons (Fsp3) is 0.875. The maximum absolute atomic E-state index is 11.1. The Morgan fingerprint density at radius 3 is 2.58 bits per heavy atom. The summed E-state index contributed by atoms with van der Waals surface area (Å²) in [5, 5.41) is 0. The van der Waals surface area contributed by atoms with Crippen LogP contribution in [0.25, 0.3) is 0 Å². The average molecular weight is 238 g/mol. The predicted molar refractivity (Wildman–Crippen MR) is 51.9 cm³/mol. The third kappa shape index (κ3) is 5.55. The van der Waals surface area contributed by atoms with Crippen LogP contribution in [0.2, 0.25) is 0 Å². The van der Waals surface area contributed by atoms with E-state index in [2.05, 4.69) is 21.4 Å². The van der Waals surface area contributed by atoms with Gasteiger partial charge in [-0.3, -0.25) is 9.63 Å². The molecule has 0 aromatic rings. The van der Waals surface area contributed by atoms with Crippen LogP contribution < -0.4 is 5.48 Å². The maximum atomic E-state index is 11.1. The smallest absolute Gasteiger partial charge is 0.257 e. The molecular formula is C8H16BrNO2. The van der Waals surface area contributed by atoms with Crippen molar-refractivity contribution < 1.29 is 9.63 Å². The van der Waals surface area contributed by atoms with Crippen molar-refractivity contribution in [2.75, 3.05) is 6.61 Å². The van der Waals surface area contributed by atoms with E-state index in [1.54, 1.807) is 0 Å². The van der Waals surface area contributed by atoms with E-state index in [1.807, 2.05) is 20.8 Å². The zero-order valence-electron chi connectivity index (χ0n) is 7.76. The zero-order chi connectivity index (χ0) is 9.56. The monoisotopic (exact) mass is 237 g/mol. The number of hydrogen-bond acceptors (Lipinski definition) is 2. The van der Waals surface area contributed by atoms with Crippen molar-refractivity contribution in [1.82, 2.24) is 5.48 Å². The lowest BCUT2D eigenvalue weighted by Crippen LogP contribution is -2.31. The number of halogens is 1. The SMILES string of the molecule is CCC(Br)C(=O)NOCC(C)C. The van der Waals surface area contributed by atoms with Gasteiger partial charge in [-0.2, -0.15) is 0 Å². The molecule has 0 saturated heterocycles. The lowest BCUT2D eigenvalue weighted by atomic mass is 10.2. The van der Waals surface area contributed by atoms with E-state index >= 15 is 0 Å². The number of rotatable bonds is 5. The number of carbonyl (C=O) groups excluding carboxylic acids is 1. The quantitative estimate of drug-likeness (QED) is 0.586. The van der Waals surface area contributed by atoms with E-state index in [-0.39, 0.29) is 10.7 Å². The molecule has 1 atom stereocenters. The van der Waals surface area contributed by atoms with Crippen LogP contribution in [0.4, 0.5) is 0 Å². The lowest BCUT2D eigenvalue weighted by molar-refractivity contribution is -0.133. The number of nitrogens with one attached hydrogen (secondary N) is 1. The predicted octanol–water partition coefficient (Wildman–Crippen LogP) is 1.86. The summed E-state index contributed by atoms with van der Waals surface area (Å²) in [7, 11) is 0. The summed E-state index contributed by atoms with van der Waals surface area (Å²) in [5.74, 6) is 0.318. The molecular weight excluding hydrogens is 222 g/mol. The Bertz CT molecular complexity index is 139. The summed E-state index contributed by atoms with van der Waals surface area (Å²) in [6.45, 7) is 6.53. The molecule has 3 nitrogen and oxygen atoms in total. The summed E-state index contributed by atoms with van der Waals surface area (Å²) in [6, 6.07) is 0. The van der Waals surface area contributed by atoms with Crippen LogP contribution in [0, 0.1) is 5.92 Å². The van der Waals surface area contributed by atoms with E-state index in [0.717, 1.165) is 6.42 Å². The number of hydroxylamine groups is 1. The molecule has 4 heteroatoms. The third-order valence-corrected chi connectivity index (χ3v) is 2.30. The maximum Gasteiger partial charge on any atom is 0.257 e. The highest BCUT2D eigenvalue weighted by Gasteiger charge is 2.11. The van der Waals surface area contributed by atoms with E-state index in [1.165, 1.54) is 0 Å². The minimum absolute atomic E-state index is 0.113. The number of hydrogen-bond donors (Lipinski definition) is 1. The van der Waals surface area contributed by atoms with Gasteiger partial charge >= 0.3 is 0 Å². The summed E-state index contributed by atoms with van der Waals surface area (Å²) in [4.78, 5) is 15.9. The van der Waals surface area contributed by atoms with E-state index in [0.29, 0.717) is 12.5 Å². The van der Waals surface area contributed by atoms with Crippen molar-refractivity contribution >= 4 is 21.8 Å². The highest BCUT2D eigenvalue weighted by molar-refractivity contribution is 9.10. The first kappa shape index (κ1) is 11.9. The van der Waals surface area contributed by atoms with Crippen LogP contribution in [0.15, 0.2) is 0 Å². The van der Waals surface area contributed by atoms with Crippen molar-refractivity contribution in [3.8, 4) is 0 Å². The Kier molecular flexibility index (Phi) is 6.38. The summed E-state index contributed by atoms with van der Waals surface area (Å²) in [5.41, 5.74) is 2.38. The molecule has 0 aliphatic heterocycles. The molecule has 0 aromatic heterocycles. The molecule has 0 rings (SSSR count). The molecule has 0 heterocycles. The molecule has 0 aliphatic carbocycles. The summed E-state index contributed by atoms with van der Waals surface area (Å²) < 4.78 is 0. The van der Waals surface area contributed by atoms with Gasteiger partial charge < -0.3 is 0 Å². The van der Waals surface area contributed by atoms with Gasteiger partial charge in [0, 0.05) is 0 Å². The topological polar surface area (TPSA) is 38.3 Å². The molecule has 0 aliphatic rings. The van der Waals surface area contributed by atoms with E-state index in [4.69, 9.17) is 4.84 Å². The van der Waals surface area contributed by atoms with Crippen LogP contribution >= 0.6 is 15.9 Å². The van der Waals surface area contributed by atoms with Gasteiger partial charge in [-0.25, -0.2) is 5.48 Å². The van der Waals surface area contributed by atoms with Crippen molar-refractivity contribution in [2.24, 2.45) is 5.92 Å². The first-order chi connectivity index (χ1) is 5.57. The zero-order valence-corrected chi connectivity index (χ0v) is 9.35. The molecule has 0 saturated carbocycles. The lowest BCUT2D eigenvalue weighted by Gasteiger charge is -2.09. The van der Waals surface area contributed by atoms with Gasteiger partial charge in [0.2, 0.25) is 0 Å². The van der Waals surface area contributed by atoms with Crippen LogP contribution in [0.1, 0.15) is 27.2 Å². The molecule has 1 unspecified atom stereocenters. The first-order valence-electron chi connectivity index (χ1n) is 4.13. The van der Waals surface area contributed by atoms with Crippen LogP contribution in [-0.4, -0.2) is 17.3 Å². The van der Waals surface area contributed by atoms with Gasteiger partial charge in [0.15, 0.2) is 0 Å². The van der Waals surface area contributed by atoms with Crippen molar-refractivity contribution in [3.63, 3.8) is 0 Å². The Hall–Kier alpha value is -0.0900. The summed E-state index contributed by atoms with van der Waals surface area (Å²) >= 11 is 3.22. The second-order valence-electron chi connectivity index (χ2n) is 3.05. The molecule has 72 valence electrons. The van der Waals surface area contributed by atoms with Gasteiger partial charge in [-0.15, -0.1) is 0 Å². The second kappa shape index (κ2) is 6.43. The molecule has 0 spiro atoms. The highest BCUT2D eigenvalue weighted by atomic mass is 79.9. The number of alkyl halides is 1. The molecule has 1 amide bonds. The van der Waals surface area contributed by atoms with Gasteiger partial charge in [-0.1, -0.05) is 36.7 Å². The fourth-order valence-electron chi connectivity index (χ4n) is 0.529. The van der Waals surface area contributed by atoms with Crippen LogP contribution in [0.5, 0.6) is 0 Å². The van der Waals surface area contributed by atoms with Crippen LogP contribution in [0.3, 0.4) is 0 Å². The van der Waals surface area contributed by atoms with E-state index in [9.17, 15) is 4.79 Å². The molecule has 0 aromatic carbocycles. The van der Waals surface area contributed by atoms with Crippen molar-refractivity contribution in [2.45, 2.75) is 32.0 Å². The normalized spacial score (nSPS) is 13.1. The minimum atomic E-state index is -0.148. The fourth-order valence-corrected chi connectivity index (χ4v) is 0.622. The minimum Gasteiger partial charge on any atom is -0.273 e. The second-order valence-corrected chi connectivity index (χ2v) is 4.15. The number of carbonyl (C=O) groups is 1. The average Bonchev–Trinajstić information content (AvgIpc) is 2.02. The Morgan fingerprint density at radius 1 is 1.58 bits per heavy atom. The molecule has 0 radical (unpaired) electrons. The Labute approximate surface area is 81.9 Å². The number of amides is 1. The largest absolute Gasteiger partial charge is 0.273 e. The van der Waals surface area contributed by atoms with Gasteiger partial charge in [0.05, 0.1) is 11.4 Å². The van der Waals surface area contributed by atoms with Crippen LogP contribution in [-0.2, 0) is 9.63 Å². The molecule has 0 bridgehead atoms. The van der Waals surface area contributed by atoms with E-state index < -0.39 is 0 Å².